The number of amides is 2. The van der Waals surface area contributed by atoms with Gasteiger partial charge in [-0.25, -0.2) is 30.9 Å². The van der Waals surface area contributed by atoms with E-state index in [0.717, 1.165) is 48.6 Å². The Hall–Kier alpha value is -7.92. The van der Waals surface area contributed by atoms with Crippen LogP contribution in [0.3, 0.4) is 0 Å². The molecule has 2 aromatic heterocycles. The number of hydrogen-bond donors (Lipinski definition) is 4. The Balaban J connectivity index is 0.000000179. The lowest BCUT2D eigenvalue weighted by atomic mass is 9.91. The average Bonchev–Trinajstić information content (AvgIpc) is 1.67. The molecule has 0 saturated heterocycles. The van der Waals surface area contributed by atoms with E-state index >= 15 is 0 Å². The first kappa shape index (κ1) is 70.5. The molecule has 10 rings (SSSR count). The van der Waals surface area contributed by atoms with Gasteiger partial charge in [-0.15, -0.1) is 0 Å². The van der Waals surface area contributed by atoms with E-state index in [0.29, 0.717) is 85.9 Å². The second-order valence-electron chi connectivity index (χ2n) is 22.3. The number of rotatable bonds is 14. The van der Waals surface area contributed by atoms with Gasteiger partial charge in [-0.2, -0.15) is 5.26 Å². The third kappa shape index (κ3) is 17.0. The van der Waals surface area contributed by atoms with E-state index in [2.05, 4.69) is 48.5 Å². The summed E-state index contributed by atoms with van der Waals surface area (Å²) in [4.78, 5) is 80.3. The van der Waals surface area contributed by atoms with Gasteiger partial charge in [-0.1, -0.05) is 48.8 Å². The zero-order valence-electron chi connectivity index (χ0n) is 51.8. The van der Waals surface area contributed by atoms with Crippen molar-refractivity contribution < 1.29 is 60.2 Å². The number of aromatic nitrogens is 4. The number of carbonyl (C=O) groups is 4. The number of H-pyrrole nitrogens is 1. The molecule has 3 aliphatic rings. The lowest BCUT2D eigenvalue weighted by Gasteiger charge is -2.19. The molecule has 27 heteroatoms. The highest BCUT2D eigenvalue weighted by Gasteiger charge is 2.33. The van der Waals surface area contributed by atoms with Gasteiger partial charge in [0.25, 0.3) is 33.0 Å². The third-order valence-corrected chi connectivity index (χ3v) is 18.7. The first-order valence-corrected chi connectivity index (χ1v) is 34.3. The van der Waals surface area contributed by atoms with Crippen LogP contribution in [0.1, 0.15) is 124 Å². The van der Waals surface area contributed by atoms with Crippen LogP contribution in [-0.4, -0.2) is 110 Å². The quantitative estimate of drug-likeness (QED) is 0.0449. The number of halogens is 2. The maximum Gasteiger partial charge on any atom is 0.317 e. The molecule has 1 saturated carbocycles. The van der Waals surface area contributed by atoms with E-state index < -0.39 is 42.5 Å². The van der Waals surface area contributed by atoms with E-state index in [9.17, 15) is 50.7 Å². The molecule has 0 spiro atoms. The van der Waals surface area contributed by atoms with Gasteiger partial charge in [0, 0.05) is 48.7 Å². The van der Waals surface area contributed by atoms with Crippen molar-refractivity contribution in [1.82, 2.24) is 29.2 Å². The van der Waals surface area contributed by atoms with E-state index in [1.165, 1.54) is 73.1 Å². The predicted octanol–water partition coefficient (Wildman–Crippen LogP) is 8.69. The first-order valence-electron chi connectivity index (χ1n) is 28.7. The van der Waals surface area contributed by atoms with E-state index in [1.807, 2.05) is 76.7 Å². The number of sulfone groups is 1. The largest absolute Gasteiger partial charge is 0.506 e. The molecule has 1 fully saturated rings. The lowest BCUT2D eigenvalue weighted by molar-refractivity contribution is -0.143. The molecule has 0 bridgehead atoms. The maximum absolute atomic E-state index is 13.5. The highest BCUT2D eigenvalue weighted by Crippen LogP contribution is 2.37. The summed E-state index contributed by atoms with van der Waals surface area (Å²) in [5, 5.41) is 27.2. The van der Waals surface area contributed by atoms with Crippen LogP contribution in [0.5, 0.6) is 17.4 Å². The van der Waals surface area contributed by atoms with Crippen molar-refractivity contribution in [3.05, 3.63) is 175 Å². The number of ketones is 1. The second-order valence-corrected chi connectivity index (χ2v) is 28.3. The van der Waals surface area contributed by atoms with Crippen LogP contribution in [0.2, 0.25) is 0 Å². The lowest BCUT2D eigenvalue weighted by Crippen LogP contribution is -2.31. The number of fused-ring (bicyclic) bond motifs is 1. The van der Waals surface area contributed by atoms with E-state index in [1.54, 1.807) is 46.6 Å². The number of hydrogen-bond acceptors (Lipinski definition) is 17. The zero-order chi connectivity index (χ0) is 66.9. The number of aryl methyl sites for hydroxylation is 4. The first-order chi connectivity index (χ1) is 42.9. The van der Waals surface area contributed by atoms with Crippen LogP contribution in [0.25, 0.3) is 11.1 Å². The topological polar surface area (TPSA) is 319 Å². The Morgan fingerprint density at radius 2 is 1.43 bits per heavy atom. The summed E-state index contributed by atoms with van der Waals surface area (Å²) in [5.74, 6) is -0.994. The second kappa shape index (κ2) is 30.0. The number of aromatic amines is 1. The number of nitrogens with one attached hydrogen (secondary N) is 3. The van der Waals surface area contributed by atoms with Crippen LogP contribution < -0.4 is 30.6 Å². The summed E-state index contributed by atoms with van der Waals surface area (Å²) in [6, 6.07) is 24.3. The summed E-state index contributed by atoms with van der Waals surface area (Å²) < 4.78 is 73.7. The van der Waals surface area contributed by atoms with Crippen molar-refractivity contribution in [2.24, 2.45) is 17.6 Å². The number of carbonyl (C=O) groups excluding carboxylic acids is 4. The van der Waals surface area contributed by atoms with Crippen molar-refractivity contribution in [2.75, 3.05) is 33.2 Å². The van der Waals surface area contributed by atoms with Gasteiger partial charge < -0.3 is 34.6 Å². The molecule has 2 aliphatic heterocycles. The number of esters is 1. The number of nitriles is 1. The summed E-state index contributed by atoms with van der Waals surface area (Å²) >= 11 is 3.99. The monoisotopic (exact) mass is 1510 g/mol. The average molecular weight is 1510 g/mol. The van der Waals surface area contributed by atoms with Gasteiger partial charge in [0.15, 0.2) is 15.6 Å². The van der Waals surface area contributed by atoms with Gasteiger partial charge in [0.2, 0.25) is 5.88 Å². The Labute approximate surface area is 554 Å². The minimum absolute atomic E-state index is 0.00623. The molecule has 1 aliphatic carbocycles. The normalized spacial score (nSPS) is 13.5. The molecule has 91 heavy (non-hydrogen) atoms. The molecule has 23 nitrogen and oxygen atoms in total. The molecule has 2 amide bonds. The summed E-state index contributed by atoms with van der Waals surface area (Å²) in [5.41, 5.74) is 6.16. The molecule has 4 N–H and O–H groups in total. The van der Waals surface area contributed by atoms with Crippen LogP contribution in [-0.2, 0) is 67.2 Å². The summed E-state index contributed by atoms with van der Waals surface area (Å²) in [7, 11) is -4.69. The van der Waals surface area contributed by atoms with E-state index in [-0.39, 0.29) is 61.5 Å². The number of phenols is 1. The van der Waals surface area contributed by atoms with Crippen LogP contribution >= 0.6 is 45.2 Å². The predicted molar refractivity (Wildman–Crippen MR) is 357 cm³/mol. The molecule has 7 aromatic rings. The Kier molecular flexibility index (Phi) is 23.3. The molecule has 4 heterocycles. The van der Waals surface area contributed by atoms with Gasteiger partial charge in [-0.3, -0.25) is 33.4 Å². The molecule has 482 valence electrons. The minimum atomic E-state index is -4.07. The molecule has 0 unspecified atom stereocenters. The fraction of sp³-hybridized carbons (Fsp3) is 0.344. The van der Waals surface area contributed by atoms with Gasteiger partial charge >= 0.3 is 5.97 Å². The molecular weight excluding hydrogens is 1440 g/mol. The SMILES string of the molecule is CCc1cc(C)cc(CC)c1-c1c(OC(=O)C(C)(C)C)n2n(c1=O)CCOCC2.COc1ccccc1C(=O)NS(=O)(=O)c1ccc(C(=O)NC2CC2)cc1.Cc1c(C(=O)c2c[nH]n(C)c2=O)ccc(S(C)(=O)=O)c1C1=NOCC1.N#Cc1cc(I)c(O)c(I)c1. The fourth-order valence-corrected chi connectivity index (χ4v) is 13.3. The number of sulfonamides is 1. The molecule has 0 radical (unpaired) electrons. The van der Waals surface area contributed by atoms with Crippen molar-refractivity contribution in [2.45, 2.75) is 109 Å². The molecular formula is C64H70I2N8O15S2. The van der Waals surface area contributed by atoms with Crippen LogP contribution in [0.4, 0.5) is 0 Å². The van der Waals surface area contributed by atoms with Crippen LogP contribution in [0, 0.1) is 37.7 Å². The molecule has 0 atom stereocenters. The highest BCUT2D eigenvalue weighted by molar-refractivity contribution is 14.1. The number of aromatic hydroxyl groups is 1. The number of phenolic OH excluding ortho intramolecular Hbond substituents is 1. The minimum Gasteiger partial charge on any atom is -0.506 e. The summed E-state index contributed by atoms with van der Waals surface area (Å²) in [6.45, 7) is 15.5. The highest BCUT2D eigenvalue weighted by atomic mass is 127. The number of oxime groups is 1. The van der Waals surface area contributed by atoms with Crippen molar-refractivity contribution in [1.29, 1.82) is 5.26 Å². The van der Waals surface area contributed by atoms with E-state index in [4.69, 9.17) is 24.3 Å². The molecule has 5 aromatic carbocycles. The van der Waals surface area contributed by atoms with Crippen molar-refractivity contribution in [3.63, 3.8) is 0 Å². The standard InChI is InChI=1S/C23H32N2O4.C18H18N2O5S.C16H17N3O5S.C7H3I2NO/c1-7-16-13-15(3)14-17(8-2)18(16)19-20(26)24-9-11-28-12-10-25(24)21(19)29-22(27)23(4,5)6;1-25-16-5-3-2-4-15(16)18(22)20-26(23,24)14-10-6-12(7-11-14)17(21)19-13-8-9-13;1-9-10(15(20)11-8-17-19(2)16(11)21)4-5-13(25(3,22)23)14(9)12-6-7-24-18-12;8-5-1-4(3-10)2-6(9)7(5)11/h13-14H,7-12H2,1-6H3;2-7,10-11,13H,8-9H2,1H3,(H,19,21)(H,20,22);4-5,8,17H,6-7H2,1-3H3;1-2,11H. The van der Waals surface area contributed by atoms with Gasteiger partial charge in [0.05, 0.1) is 78.7 Å². The van der Waals surface area contributed by atoms with Gasteiger partial charge in [0.1, 0.15) is 29.2 Å². The van der Waals surface area contributed by atoms with Crippen molar-refractivity contribution in [3.8, 4) is 34.6 Å². The number of ether oxygens (including phenoxy) is 3. The summed E-state index contributed by atoms with van der Waals surface area (Å²) in [6.07, 6.45) is 6.41. The van der Waals surface area contributed by atoms with Gasteiger partial charge in [-0.05, 0) is 188 Å². The van der Waals surface area contributed by atoms with Crippen LogP contribution in [0.15, 0.2) is 116 Å². The number of methoxy groups -OCH3 is 1. The van der Waals surface area contributed by atoms with Crippen molar-refractivity contribution >= 4 is 94.3 Å². The number of nitrogens with zero attached hydrogens (tertiary/aromatic N) is 5. The number of para-hydroxylation sites is 1. The maximum atomic E-state index is 13.5. The third-order valence-electron chi connectivity index (χ3n) is 14.6. The number of benzene rings is 5. The fourth-order valence-electron chi connectivity index (χ4n) is 9.63. The zero-order valence-corrected chi connectivity index (χ0v) is 57.7. The Morgan fingerprint density at radius 1 is 0.813 bits per heavy atom. The Morgan fingerprint density at radius 3 is 1.96 bits per heavy atom. The Bertz CT molecular complexity index is 4330. The smallest absolute Gasteiger partial charge is 0.317 e.